The van der Waals surface area contributed by atoms with Gasteiger partial charge in [-0.1, -0.05) is 12.5 Å². The summed E-state index contributed by atoms with van der Waals surface area (Å²) in [6.45, 7) is 4.24. The number of carbonyl (C=O) groups excluding carboxylic acids is 1. The van der Waals surface area contributed by atoms with Crippen LogP contribution in [0.15, 0.2) is 55.0 Å². The van der Waals surface area contributed by atoms with E-state index in [0.717, 1.165) is 47.5 Å². The van der Waals surface area contributed by atoms with Gasteiger partial charge in [-0.15, -0.1) is 0 Å². The van der Waals surface area contributed by atoms with E-state index in [-0.39, 0.29) is 18.7 Å². The van der Waals surface area contributed by atoms with Crippen LogP contribution in [0.2, 0.25) is 0 Å². The molecular weight excluding hydrogens is 512 g/mol. The van der Waals surface area contributed by atoms with Crippen LogP contribution in [0.5, 0.6) is 0 Å². The Balaban J connectivity index is 1.17. The Hall–Kier alpha value is -3.76. The van der Waals surface area contributed by atoms with Crippen molar-refractivity contribution in [3.05, 3.63) is 71.9 Å². The highest BCUT2D eigenvalue weighted by Gasteiger charge is 2.33. The molecular formula is C30H33F2N7O. The van der Waals surface area contributed by atoms with Gasteiger partial charge < -0.3 is 5.32 Å². The molecule has 0 bridgehead atoms. The monoisotopic (exact) mass is 545 g/mol. The van der Waals surface area contributed by atoms with Crippen molar-refractivity contribution in [2.75, 3.05) is 31.5 Å². The highest BCUT2D eigenvalue weighted by atomic mass is 19.3. The molecule has 2 fully saturated rings. The molecule has 2 saturated heterocycles. The van der Waals surface area contributed by atoms with Crippen LogP contribution in [0.4, 0.5) is 14.5 Å². The molecule has 1 aromatic carbocycles. The number of pyridine rings is 2. The summed E-state index contributed by atoms with van der Waals surface area (Å²) in [6.07, 6.45) is 8.77. The first-order chi connectivity index (χ1) is 19.4. The molecule has 2 N–H and O–H groups in total. The first-order valence-corrected chi connectivity index (χ1v) is 13.9. The fraction of sp³-hybridized carbons (Fsp3) is 0.400. The maximum Gasteiger partial charge on any atom is 0.276 e. The van der Waals surface area contributed by atoms with Crippen LogP contribution in [-0.2, 0) is 13.1 Å². The van der Waals surface area contributed by atoms with Gasteiger partial charge in [0.15, 0.2) is 5.69 Å². The number of H-pyrrole nitrogens is 1. The molecule has 0 aliphatic carbocycles. The van der Waals surface area contributed by atoms with Gasteiger partial charge >= 0.3 is 0 Å². The third-order valence-corrected chi connectivity index (χ3v) is 7.81. The average Bonchev–Trinajstić information content (AvgIpc) is 3.39. The van der Waals surface area contributed by atoms with Crippen molar-refractivity contribution in [1.29, 1.82) is 0 Å². The second-order valence-electron chi connectivity index (χ2n) is 10.9. The Morgan fingerprint density at radius 3 is 2.55 bits per heavy atom. The van der Waals surface area contributed by atoms with Crippen molar-refractivity contribution in [2.45, 2.75) is 51.1 Å². The van der Waals surface area contributed by atoms with Gasteiger partial charge in [0.05, 0.1) is 11.2 Å². The van der Waals surface area contributed by atoms with Crippen LogP contribution in [-0.4, -0.2) is 68.0 Å². The molecule has 0 saturated carbocycles. The molecule has 6 rings (SSSR count). The number of fused-ring (bicyclic) bond motifs is 1. The summed E-state index contributed by atoms with van der Waals surface area (Å²) in [5, 5.41) is 11.0. The normalized spacial score (nSPS) is 18.1. The quantitative estimate of drug-likeness (QED) is 0.319. The van der Waals surface area contributed by atoms with Crippen molar-refractivity contribution >= 4 is 22.5 Å². The summed E-state index contributed by atoms with van der Waals surface area (Å²) in [6, 6.07) is 11.5. The SMILES string of the molecule is O=C(Nc1ccnc(CN2CCCCC2)c1)c1n[nH]c2ccc(-c3cncc(CN4CCC(F)(F)CC4)c3)cc12. The average molecular weight is 546 g/mol. The molecule has 0 unspecified atom stereocenters. The number of aromatic nitrogens is 4. The lowest BCUT2D eigenvalue weighted by atomic mass is 10.0. The van der Waals surface area contributed by atoms with Crippen LogP contribution >= 0.6 is 0 Å². The lowest BCUT2D eigenvalue weighted by molar-refractivity contribution is -0.0566. The molecule has 0 radical (unpaired) electrons. The lowest BCUT2D eigenvalue weighted by Crippen LogP contribution is -2.38. The highest BCUT2D eigenvalue weighted by Crippen LogP contribution is 2.30. The van der Waals surface area contributed by atoms with Gasteiger partial charge in [-0.05, 0) is 67.4 Å². The lowest BCUT2D eigenvalue weighted by Gasteiger charge is -2.31. The van der Waals surface area contributed by atoms with Gasteiger partial charge in [0.25, 0.3) is 11.8 Å². The van der Waals surface area contributed by atoms with E-state index in [4.69, 9.17) is 0 Å². The number of hydrogen-bond acceptors (Lipinski definition) is 6. The summed E-state index contributed by atoms with van der Waals surface area (Å²) in [7, 11) is 0. The maximum absolute atomic E-state index is 13.5. The van der Waals surface area contributed by atoms with Crippen molar-refractivity contribution in [3.8, 4) is 11.1 Å². The van der Waals surface area contributed by atoms with Crippen molar-refractivity contribution in [2.24, 2.45) is 0 Å². The smallest absolute Gasteiger partial charge is 0.276 e. The molecule has 8 nitrogen and oxygen atoms in total. The van der Waals surface area contributed by atoms with Crippen LogP contribution < -0.4 is 5.32 Å². The minimum absolute atomic E-state index is 0.110. The zero-order chi connectivity index (χ0) is 27.5. The molecule has 10 heteroatoms. The maximum atomic E-state index is 13.5. The number of benzene rings is 1. The minimum atomic E-state index is -2.56. The highest BCUT2D eigenvalue weighted by molar-refractivity contribution is 6.11. The van der Waals surface area contributed by atoms with Crippen molar-refractivity contribution < 1.29 is 13.6 Å². The molecule has 1 amide bonds. The second kappa shape index (κ2) is 11.4. The van der Waals surface area contributed by atoms with Gasteiger partial charge in [0, 0.05) is 74.2 Å². The first kappa shape index (κ1) is 26.5. The number of carbonyl (C=O) groups is 1. The standard InChI is InChI=1S/C30H33F2N7O/c31-30(32)7-12-39(13-8-30)19-21-14-23(18-33-17-21)22-4-5-27-26(15-22)28(37-36-27)29(40)35-24-6-9-34-25(16-24)20-38-10-2-1-3-11-38/h4-6,9,14-18H,1-3,7-8,10-13,19-20H2,(H,36,37)(H,34,35,40). The Morgan fingerprint density at radius 2 is 1.73 bits per heavy atom. The number of nitrogens with zero attached hydrogens (tertiary/aromatic N) is 5. The number of hydrogen-bond donors (Lipinski definition) is 2. The largest absolute Gasteiger partial charge is 0.320 e. The second-order valence-corrected chi connectivity index (χ2v) is 10.9. The third-order valence-electron chi connectivity index (χ3n) is 7.81. The van der Waals surface area contributed by atoms with Gasteiger partial charge in [-0.3, -0.25) is 29.7 Å². The molecule has 5 heterocycles. The number of aromatic amines is 1. The molecule has 2 aliphatic rings. The number of amides is 1. The van der Waals surface area contributed by atoms with E-state index in [1.54, 1.807) is 24.7 Å². The van der Waals surface area contributed by atoms with Gasteiger partial charge in [0.1, 0.15) is 0 Å². The number of piperidine rings is 2. The Kier molecular flexibility index (Phi) is 7.53. The predicted molar refractivity (Wildman–Crippen MR) is 150 cm³/mol. The Labute approximate surface area is 231 Å². The van der Waals surface area contributed by atoms with Crippen molar-refractivity contribution in [3.63, 3.8) is 0 Å². The summed E-state index contributed by atoms with van der Waals surface area (Å²) in [5.74, 6) is -2.86. The molecule has 208 valence electrons. The zero-order valence-electron chi connectivity index (χ0n) is 22.4. The Bertz CT molecular complexity index is 1490. The van der Waals surface area contributed by atoms with Crippen molar-refractivity contribution in [1.82, 2.24) is 30.0 Å². The molecule has 0 spiro atoms. The molecule has 3 aromatic heterocycles. The van der Waals surface area contributed by atoms with E-state index in [2.05, 4.69) is 30.4 Å². The summed E-state index contributed by atoms with van der Waals surface area (Å²) in [4.78, 5) is 26.6. The molecule has 40 heavy (non-hydrogen) atoms. The summed E-state index contributed by atoms with van der Waals surface area (Å²) in [5.41, 5.74) is 5.44. The molecule has 4 aromatic rings. The number of halogens is 2. The van der Waals surface area contributed by atoms with E-state index in [1.807, 2.05) is 35.2 Å². The Morgan fingerprint density at radius 1 is 0.925 bits per heavy atom. The van der Waals surface area contributed by atoms with Gasteiger partial charge in [0.2, 0.25) is 0 Å². The van der Waals surface area contributed by atoms with Gasteiger partial charge in [-0.25, -0.2) is 8.78 Å². The third kappa shape index (κ3) is 6.18. The zero-order valence-corrected chi connectivity index (χ0v) is 22.4. The number of likely N-dealkylation sites (tertiary alicyclic amines) is 2. The number of anilines is 1. The fourth-order valence-corrected chi connectivity index (χ4v) is 5.57. The van der Waals surface area contributed by atoms with Crippen LogP contribution in [0.1, 0.15) is 53.8 Å². The van der Waals surface area contributed by atoms with E-state index >= 15 is 0 Å². The number of alkyl halides is 2. The predicted octanol–water partition coefficient (Wildman–Crippen LogP) is 5.49. The van der Waals surface area contributed by atoms with Crippen LogP contribution in [0.3, 0.4) is 0 Å². The van der Waals surface area contributed by atoms with E-state index in [0.29, 0.717) is 36.4 Å². The molecule has 0 atom stereocenters. The number of nitrogens with one attached hydrogen (secondary N) is 2. The topological polar surface area (TPSA) is 90.0 Å². The van der Waals surface area contributed by atoms with E-state index < -0.39 is 5.92 Å². The molecule has 2 aliphatic heterocycles. The van der Waals surface area contributed by atoms with E-state index in [1.165, 1.54) is 19.3 Å². The summed E-state index contributed by atoms with van der Waals surface area (Å²) < 4.78 is 27.1. The van der Waals surface area contributed by atoms with Crippen LogP contribution in [0, 0.1) is 0 Å². The summed E-state index contributed by atoms with van der Waals surface area (Å²) >= 11 is 0. The number of rotatable bonds is 7. The van der Waals surface area contributed by atoms with E-state index in [9.17, 15) is 13.6 Å². The minimum Gasteiger partial charge on any atom is -0.320 e. The van der Waals surface area contributed by atoms with Crippen LogP contribution in [0.25, 0.3) is 22.0 Å². The first-order valence-electron chi connectivity index (χ1n) is 13.9. The van der Waals surface area contributed by atoms with Gasteiger partial charge in [-0.2, -0.15) is 5.10 Å². The fourth-order valence-electron chi connectivity index (χ4n) is 5.57.